The SMILES string of the molecule is CN[C@@H](C)C(=O)N[C@H](C(=O)N1CCC[C@H]1CN(CCc1ccccc1)C(=O)CN(C)C(=O)c1ccc(-c2ccc(C(=O)N(C)CC(=O)N(CCc3ccccc3)C[C@@H]3CCCN3C(=O)[C@@H](NC(=O)[C@H](C)NC)C3CCCCC3)cc2)cc1)C1CCCCC1. The first-order valence-electron chi connectivity index (χ1n) is 32.4. The minimum absolute atomic E-state index is 0.0479. The van der Waals surface area contributed by atoms with E-state index in [9.17, 15) is 38.4 Å². The second-order valence-corrected chi connectivity index (χ2v) is 25.1. The first kappa shape index (κ1) is 66.5. The van der Waals surface area contributed by atoms with Crippen LogP contribution in [0.3, 0.4) is 0 Å². The number of amides is 8. The van der Waals surface area contributed by atoms with Gasteiger partial charge in [0.1, 0.15) is 12.1 Å². The molecule has 4 aliphatic rings. The van der Waals surface area contributed by atoms with E-state index in [-0.39, 0.29) is 84.3 Å². The molecule has 2 aliphatic heterocycles. The summed E-state index contributed by atoms with van der Waals surface area (Å²) in [6.07, 6.45) is 14.0. The van der Waals surface area contributed by atoms with E-state index in [2.05, 4.69) is 21.3 Å². The zero-order chi connectivity index (χ0) is 62.7. The molecule has 0 unspecified atom stereocenters. The van der Waals surface area contributed by atoms with Crippen LogP contribution < -0.4 is 21.3 Å². The molecule has 8 rings (SSSR count). The molecular weight excluding hydrogens is 1110 g/mol. The molecule has 18 heteroatoms. The summed E-state index contributed by atoms with van der Waals surface area (Å²) in [5.74, 6) is -1.57. The highest BCUT2D eigenvalue weighted by Crippen LogP contribution is 2.32. The van der Waals surface area contributed by atoms with Crippen LogP contribution in [0.25, 0.3) is 11.1 Å². The van der Waals surface area contributed by atoms with E-state index in [4.69, 9.17) is 0 Å². The Morgan fingerprint density at radius 1 is 0.466 bits per heavy atom. The standard InChI is InChI=1S/C70H96N10O8/c1-49(71-3)65(83)73-63(55-25-15-9-16-26-55)69(87)79-41-19-29-59(79)45-77(43-39-51-21-11-7-12-22-51)61(81)47-75(5)67(85)57-35-31-53(32-36-57)54-33-37-58(38-34-54)68(86)76(6)48-62(82)78(44-40-52-23-13-8-14-24-52)46-60-30-20-42-80(60)70(88)64(56-27-17-10-18-28-56)74-66(84)50(2)72-4/h7-8,11-14,21-24,31-38,49-50,55-56,59-60,63-64,71-72H,9-10,15-20,25-30,39-48H2,1-6H3,(H,73,83)(H,74,84)/t49-,50-,59-,60-,63-,64-/m0/s1. The van der Waals surface area contributed by atoms with Crippen molar-refractivity contribution < 1.29 is 38.4 Å². The Balaban J connectivity index is 0.888. The van der Waals surface area contributed by atoms with Crippen molar-refractivity contribution in [1.29, 1.82) is 0 Å². The van der Waals surface area contributed by atoms with Crippen LogP contribution in [0.15, 0.2) is 109 Å². The van der Waals surface area contributed by atoms with Gasteiger partial charge in [-0.2, -0.15) is 0 Å². The van der Waals surface area contributed by atoms with E-state index in [0.29, 0.717) is 63.2 Å². The number of hydrogen-bond acceptors (Lipinski definition) is 10. The first-order valence-corrected chi connectivity index (χ1v) is 32.4. The van der Waals surface area contributed by atoms with Gasteiger partial charge in [0.2, 0.25) is 35.4 Å². The van der Waals surface area contributed by atoms with Crippen LogP contribution in [-0.2, 0) is 41.6 Å². The van der Waals surface area contributed by atoms with Gasteiger partial charge in [-0.05, 0) is 151 Å². The summed E-state index contributed by atoms with van der Waals surface area (Å²) in [7, 11) is 6.70. The summed E-state index contributed by atoms with van der Waals surface area (Å²) >= 11 is 0. The Hall–Kier alpha value is -7.44. The Morgan fingerprint density at radius 2 is 0.818 bits per heavy atom. The molecule has 6 atom stereocenters. The third-order valence-corrected chi connectivity index (χ3v) is 19.0. The van der Waals surface area contributed by atoms with Gasteiger partial charge in [0.15, 0.2) is 0 Å². The van der Waals surface area contributed by atoms with Gasteiger partial charge in [0, 0.05) is 76.6 Å². The van der Waals surface area contributed by atoms with Gasteiger partial charge in [-0.25, -0.2) is 0 Å². The molecule has 4 aromatic rings. The average molecular weight is 1210 g/mol. The lowest BCUT2D eigenvalue weighted by Crippen LogP contribution is -2.57. The lowest BCUT2D eigenvalue weighted by molar-refractivity contribution is -0.141. The quantitative estimate of drug-likeness (QED) is 0.0483. The molecule has 8 amide bonds. The number of carbonyl (C=O) groups is 8. The number of hydrogen-bond donors (Lipinski definition) is 4. The fourth-order valence-corrected chi connectivity index (χ4v) is 13.3. The minimum Gasteiger partial charge on any atom is -0.343 e. The molecule has 88 heavy (non-hydrogen) atoms. The van der Waals surface area contributed by atoms with E-state index >= 15 is 0 Å². The molecule has 2 aliphatic carbocycles. The van der Waals surface area contributed by atoms with E-state index in [1.54, 1.807) is 76.1 Å². The molecule has 0 spiro atoms. The number of benzene rings is 4. The highest BCUT2D eigenvalue weighted by molar-refractivity contribution is 5.98. The lowest BCUT2D eigenvalue weighted by Gasteiger charge is -2.37. The topological polar surface area (TPSA) is 204 Å². The minimum atomic E-state index is -0.635. The van der Waals surface area contributed by atoms with Gasteiger partial charge in [0.25, 0.3) is 11.8 Å². The fraction of sp³-hybridized carbons (Fsp3) is 0.543. The molecule has 474 valence electrons. The Kier molecular flexibility index (Phi) is 24.7. The molecular formula is C70H96N10O8. The van der Waals surface area contributed by atoms with Crippen molar-refractivity contribution in [2.75, 3.05) is 80.5 Å². The van der Waals surface area contributed by atoms with Crippen LogP contribution in [0.5, 0.6) is 0 Å². The van der Waals surface area contributed by atoms with Crippen molar-refractivity contribution in [3.05, 3.63) is 131 Å². The largest absolute Gasteiger partial charge is 0.343 e. The fourth-order valence-electron chi connectivity index (χ4n) is 13.3. The summed E-state index contributed by atoms with van der Waals surface area (Å²) in [4.78, 5) is 123. The molecule has 4 aromatic carbocycles. The zero-order valence-corrected chi connectivity index (χ0v) is 52.9. The third kappa shape index (κ3) is 17.9. The molecule has 18 nitrogen and oxygen atoms in total. The van der Waals surface area contributed by atoms with Crippen molar-refractivity contribution >= 4 is 47.3 Å². The maximum atomic E-state index is 14.6. The highest BCUT2D eigenvalue weighted by Gasteiger charge is 2.42. The number of nitrogens with zero attached hydrogens (tertiary/aromatic N) is 6. The second kappa shape index (κ2) is 32.7. The summed E-state index contributed by atoms with van der Waals surface area (Å²) in [6.45, 7) is 5.76. The van der Waals surface area contributed by atoms with Crippen LogP contribution >= 0.6 is 0 Å². The van der Waals surface area contributed by atoms with Gasteiger partial charge < -0.3 is 50.7 Å². The molecule has 2 saturated carbocycles. The van der Waals surface area contributed by atoms with Crippen molar-refractivity contribution in [2.24, 2.45) is 11.8 Å². The summed E-state index contributed by atoms with van der Waals surface area (Å²) < 4.78 is 0. The van der Waals surface area contributed by atoms with Crippen molar-refractivity contribution in [2.45, 2.75) is 153 Å². The zero-order valence-electron chi connectivity index (χ0n) is 52.9. The Morgan fingerprint density at radius 3 is 1.16 bits per heavy atom. The van der Waals surface area contributed by atoms with E-state index < -0.39 is 24.2 Å². The van der Waals surface area contributed by atoms with Crippen LogP contribution in [0, 0.1) is 11.8 Å². The number of rotatable bonds is 27. The van der Waals surface area contributed by atoms with E-state index in [0.717, 1.165) is 112 Å². The first-order chi connectivity index (χ1) is 42.5. The molecule has 2 heterocycles. The molecule has 4 fully saturated rings. The highest BCUT2D eigenvalue weighted by atomic mass is 16.2. The average Bonchev–Trinajstić information content (AvgIpc) is 3.30. The van der Waals surface area contributed by atoms with Gasteiger partial charge >= 0.3 is 0 Å². The summed E-state index contributed by atoms with van der Waals surface area (Å²) in [6, 6.07) is 31.5. The maximum Gasteiger partial charge on any atom is 0.254 e. The van der Waals surface area contributed by atoms with Crippen LogP contribution in [0.4, 0.5) is 0 Å². The number of likely N-dealkylation sites (tertiary alicyclic amines) is 2. The third-order valence-electron chi connectivity index (χ3n) is 19.0. The maximum absolute atomic E-state index is 14.6. The predicted octanol–water partition coefficient (Wildman–Crippen LogP) is 6.97. The predicted molar refractivity (Wildman–Crippen MR) is 343 cm³/mol. The Labute approximate surface area is 521 Å². The van der Waals surface area contributed by atoms with Crippen molar-refractivity contribution in [3.63, 3.8) is 0 Å². The smallest absolute Gasteiger partial charge is 0.254 e. The molecule has 0 aromatic heterocycles. The Bertz CT molecular complexity index is 2750. The molecule has 0 bridgehead atoms. The number of likely N-dealkylation sites (N-methyl/N-ethyl adjacent to an activating group) is 4. The van der Waals surface area contributed by atoms with Crippen molar-refractivity contribution in [3.8, 4) is 11.1 Å². The second-order valence-electron chi connectivity index (χ2n) is 25.1. The van der Waals surface area contributed by atoms with Gasteiger partial charge in [-0.15, -0.1) is 0 Å². The molecule has 0 radical (unpaired) electrons. The van der Waals surface area contributed by atoms with Crippen LogP contribution in [-0.4, -0.2) is 193 Å². The van der Waals surface area contributed by atoms with E-state index in [1.165, 1.54) is 9.80 Å². The normalized spacial score (nSPS) is 18.6. The monoisotopic (exact) mass is 1200 g/mol. The van der Waals surface area contributed by atoms with Crippen molar-refractivity contribution in [1.82, 2.24) is 50.7 Å². The van der Waals surface area contributed by atoms with Gasteiger partial charge in [0.05, 0.1) is 25.2 Å². The van der Waals surface area contributed by atoms with Crippen LogP contribution in [0.1, 0.15) is 136 Å². The summed E-state index contributed by atoms with van der Waals surface area (Å²) in [5.41, 5.74) is 4.58. The molecule has 2 saturated heterocycles. The molecule has 4 N–H and O–H groups in total. The van der Waals surface area contributed by atoms with Crippen LogP contribution in [0.2, 0.25) is 0 Å². The van der Waals surface area contributed by atoms with Gasteiger partial charge in [-0.3, -0.25) is 38.4 Å². The lowest BCUT2D eigenvalue weighted by atomic mass is 9.83. The number of nitrogens with one attached hydrogen (secondary N) is 4. The number of carbonyl (C=O) groups excluding carboxylic acids is 8. The summed E-state index contributed by atoms with van der Waals surface area (Å²) in [5, 5.41) is 12.2. The van der Waals surface area contributed by atoms with E-state index in [1.807, 2.05) is 94.7 Å². The van der Waals surface area contributed by atoms with Gasteiger partial charge in [-0.1, -0.05) is 123 Å².